The fourth-order valence-electron chi connectivity index (χ4n) is 2.07. The third-order valence-corrected chi connectivity index (χ3v) is 3.30. The molecule has 1 aliphatic heterocycles. The van der Waals surface area contributed by atoms with Crippen LogP contribution < -0.4 is 5.32 Å². The molecule has 0 spiro atoms. The van der Waals surface area contributed by atoms with Gasteiger partial charge in [0.15, 0.2) is 0 Å². The predicted molar refractivity (Wildman–Crippen MR) is 70.3 cm³/mol. The summed E-state index contributed by atoms with van der Waals surface area (Å²) in [6.45, 7) is 5.69. The maximum absolute atomic E-state index is 11.6. The Morgan fingerprint density at radius 1 is 1.53 bits per heavy atom. The van der Waals surface area contributed by atoms with Crippen LogP contribution in [0.1, 0.15) is 46.0 Å². The van der Waals surface area contributed by atoms with Gasteiger partial charge in [-0.15, -0.1) is 11.6 Å². The van der Waals surface area contributed by atoms with E-state index in [1.165, 1.54) is 0 Å². The van der Waals surface area contributed by atoms with Crippen LogP contribution in [0.4, 0.5) is 0 Å². The maximum atomic E-state index is 11.6. The van der Waals surface area contributed by atoms with E-state index in [0.29, 0.717) is 25.0 Å². The minimum absolute atomic E-state index is 0.0432. The van der Waals surface area contributed by atoms with Gasteiger partial charge in [0, 0.05) is 19.6 Å². The first kappa shape index (κ1) is 14.8. The predicted octanol–water partition coefficient (Wildman–Crippen LogP) is 2.72. The second-order valence-corrected chi connectivity index (χ2v) is 5.82. The summed E-state index contributed by atoms with van der Waals surface area (Å²) >= 11 is 6.11. The molecule has 0 aliphatic carbocycles. The molecule has 1 rings (SSSR count). The van der Waals surface area contributed by atoms with Crippen LogP contribution in [0.25, 0.3) is 0 Å². The Morgan fingerprint density at radius 3 is 2.88 bits per heavy atom. The third kappa shape index (κ3) is 6.89. The molecule has 0 bridgehead atoms. The van der Waals surface area contributed by atoms with E-state index in [1.807, 2.05) is 0 Å². The van der Waals surface area contributed by atoms with Gasteiger partial charge < -0.3 is 10.1 Å². The van der Waals surface area contributed by atoms with Gasteiger partial charge in [0.05, 0.1) is 11.5 Å². The second kappa shape index (κ2) is 7.93. The monoisotopic (exact) mass is 261 g/mol. The molecule has 17 heavy (non-hydrogen) atoms. The van der Waals surface area contributed by atoms with Gasteiger partial charge in [-0.05, 0) is 31.6 Å². The topological polar surface area (TPSA) is 38.3 Å². The highest BCUT2D eigenvalue weighted by Crippen LogP contribution is 2.16. The number of ether oxygens (including phenoxy) is 1. The highest BCUT2D eigenvalue weighted by Gasteiger charge is 2.17. The normalized spacial score (nSPS) is 21.8. The molecule has 0 radical (unpaired) electrons. The van der Waals surface area contributed by atoms with Gasteiger partial charge in [0.1, 0.15) is 0 Å². The molecule has 1 heterocycles. The SMILES string of the molecule is CC(C)CC(Cl)CNC(=O)CCC1CCCO1. The first-order valence-corrected chi connectivity index (χ1v) is 7.04. The fraction of sp³-hybridized carbons (Fsp3) is 0.923. The molecule has 3 nitrogen and oxygen atoms in total. The molecule has 1 fully saturated rings. The van der Waals surface area contributed by atoms with Crippen LogP contribution in [0.5, 0.6) is 0 Å². The Kier molecular flexibility index (Phi) is 6.90. The summed E-state index contributed by atoms with van der Waals surface area (Å²) in [5, 5.41) is 2.93. The van der Waals surface area contributed by atoms with Crippen molar-refractivity contribution in [3.8, 4) is 0 Å². The van der Waals surface area contributed by atoms with Crippen LogP contribution in [0.2, 0.25) is 0 Å². The number of nitrogens with one attached hydrogen (secondary N) is 1. The smallest absolute Gasteiger partial charge is 0.220 e. The summed E-state index contributed by atoms with van der Waals surface area (Å²) in [5.74, 6) is 0.663. The lowest BCUT2D eigenvalue weighted by molar-refractivity contribution is -0.121. The van der Waals surface area contributed by atoms with E-state index < -0.39 is 0 Å². The van der Waals surface area contributed by atoms with Crippen molar-refractivity contribution in [2.45, 2.75) is 57.4 Å². The van der Waals surface area contributed by atoms with E-state index in [2.05, 4.69) is 19.2 Å². The highest BCUT2D eigenvalue weighted by molar-refractivity contribution is 6.20. The summed E-state index contributed by atoms with van der Waals surface area (Å²) in [4.78, 5) is 11.6. The van der Waals surface area contributed by atoms with Crippen LogP contribution >= 0.6 is 11.6 Å². The lowest BCUT2D eigenvalue weighted by Gasteiger charge is -2.13. The molecule has 1 N–H and O–H groups in total. The molecular weight excluding hydrogens is 238 g/mol. The highest BCUT2D eigenvalue weighted by atomic mass is 35.5. The van der Waals surface area contributed by atoms with Crippen molar-refractivity contribution in [2.24, 2.45) is 5.92 Å². The lowest BCUT2D eigenvalue weighted by atomic mass is 10.1. The molecule has 1 saturated heterocycles. The quantitative estimate of drug-likeness (QED) is 0.716. The van der Waals surface area contributed by atoms with Crippen LogP contribution in [0.15, 0.2) is 0 Å². The molecule has 0 saturated carbocycles. The Balaban J connectivity index is 2.04. The Bertz CT molecular complexity index is 227. The number of rotatable bonds is 7. The fourth-order valence-corrected chi connectivity index (χ4v) is 2.51. The van der Waals surface area contributed by atoms with Gasteiger partial charge in [0.25, 0.3) is 0 Å². The molecule has 0 aromatic carbocycles. The standard InChI is InChI=1S/C13H24ClNO2/c1-10(2)8-11(14)9-15-13(16)6-5-12-4-3-7-17-12/h10-12H,3-9H2,1-2H3,(H,15,16). The van der Waals surface area contributed by atoms with Crippen molar-refractivity contribution >= 4 is 17.5 Å². The Labute approximate surface area is 109 Å². The Hall–Kier alpha value is -0.280. The van der Waals surface area contributed by atoms with Crippen molar-refractivity contribution < 1.29 is 9.53 Å². The van der Waals surface area contributed by atoms with Crippen molar-refractivity contribution in [3.05, 3.63) is 0 Å². The average molecular weight is 262 g/mol. The average Bonchev–Trinajstić information content (AvgIpc) is 2.75. The van der Waals surface area contributed by atoms with E-state index in [-0.39, 0.29) is 11.3 Å². The van der Waals surface area contributed by atoms with Crippen molar-refractivity contribution in [1.82, 2.24) is 5.32 Å². The summed E-state index contributed by atoms with van der Waals surface area (Å²) in [6.07, 6.45) is 4.85. The first-order chi connectivity index (χ1) is 8.08. The van der Waals surface area contributed by atoms with Gasteiger partial charge >= 0.3 is 0 Å². The second-order valence-electron chi connectivity index (χ2n) is 5.20. The van der Waals surface area contributed by atoms with E-state index in [9.17, 15) is 4.79 Å². The van der Waals surface area contributed by atoms with E-state index in [0.717, 1.165) is 32.3 Å². The van der Waals surface area contributed by atoms with Gasteiger partial charge in [0.2, 0.25) is 5.91 Å². The number of carbonyl (C=O) groups excluding carboxylic acids is 1. The van der Waals surface area contributed by atoms with Gasteiger partial charge in [-0.3, -0.25) is 4.79 Å². The Morgan fingerprint density at radius 2 is 2.29 bits per heavy atom. The molecule has 0 aromatic rings. The minimum atomic E-state index is 0.0432. The zero-order chi connectivity index (χ0) is 12.7. The zero-order valence-corrected chi connectivity index (χ0v) is 11.6. The minimum Gasteiger partial charge on any atom is -0.378 e. The maximum Gasteiger partial charge on any atom is 0.220 e. The number of amides is 1. The molecule has 0 aromatic heterocycles. The molecule has 2 unspecified atom stereocenters. The molecule has 4 heteroatoms. The van der Waals surface area contributed by atoms with E-state index >= 15 is 0 Å². The summed E-state index contributed by atoms with van der Waals surface area (Å²) < 4.78 is 5.48. The van der Waals surface area contributed by atoms with Crippen LogP contribution in [-0.2, 0) is 9.53 Å². The van der Waals surface area contributed by atoms with E-state index in [1.54, 1.807) is 0 Å². The number of carbonyl (C=O) groups is 1. The number of halogens is 1. The van der Waals surface area contributed by atoms with Crippen molar-refractivity contribution in [1.29, 1.82) is 0 Å². The summed E-state index contributed by atoms with van der Waals surface area (Å²) in [5.41, 5.74) is 0. The number of alkyl halides is 1. The lowest BCUT2D eigenvalue weighted by Crippen LogP contribution is -2.30. The van der Waals surface area contributed by atoms with Crippen molar-refractivity contribution in [3.63, 3.8) is 0 Å². The van der Waals surface area contributed by atoms with Gasteiger partial charge in [-0.2, -0.15) is 0 Å². The van der Waals surface area contributed by atoms with Crippen molar-refractivity contribution in [2.75, 3.05) is 13.2 Å². The molecule has 2 atom stereocenters. The number of hydrogen-bond donors (Lipinski definition) is 1. The third-order valence-electron chi connectivity index (χ3n) is 2.97. The van der Waals surface area contributed by atoms with Gasteiger partial charge in [-0.1, -0.05) is 13.8 Å². The van der Waals surface area contributed by atoms with E-state index in [4.69, 9.17) is 16.3 Å². The van der Waals surface area contributed by atoms with Crippen LogP contribution in [0, 0.1) is 5.92 Å². The number of hydrogen-bond acceptors (Lipinski definition) is 2. The largest absolute Gasteiger partial charge is 0.378 e. The molecule has 1 amide bonds. The first-order valence-electron chi connectivity index (χ1n) is 6.60. The van der Waals surface area contributed by atoms with Gasteiger partial charge in [-0.25, -0.2) is 0 Å². The van der Waals surface area contributed by atoms with Crippen LogP contribution in [0.3, 0.4) is 0 Å². The molecule has 1 aliphatic rings. The summed E-state index contributed by atoms with van der Waals surface area (Å²) in [6, 6.07) is 0. The molecular formula is C13H24ClNO2. The van der Waals surface area contributed by atoms with Crippen LogP contribution in [-0.4, -0.2) is 30.5 Å². The summed E-state index contributed by atoms with van der Waals surface area (Å²) in [7, 11) is 0. The molecule has 100 valence electrons. The zero-order valence-electron chi connectivity index (χ0n) is 10.9.